The molecule has 2 rings (SSSR count). The van der Waals surface area contributed by atoms with Crippen molar-refractivity contribution in [3.63, 3.8) is 0 Å². The molecule has 0 aliphatic carbocycles. The Morgan fingerprint density at radius 3 is 2.71 bits per heavy atom. The number of rotatable bonds is 5. The third-order valence-electron chi connectivity index (χ3n) is 4.29. The van der Waals surface area contributed by atoms with E-state index in [1.807, 2.05) is 6.07 Å². The van der Waals surface area contributed by atoms with Crippen LogP contribution in [0.5, 0.6) is 0 Å². The molecule has 9 heteroatoms. The Labute approximate surface area is 182 Å². The molecule has 1 N–H and O–H groups in total. The van der Waals surface area contributed by atoms with E-state index in [0.717, 1.165) is 6.08 Å². The summed E-state index contributed by atoms with van der Waals surface area (Å²) in [6, 6.07) is 5.98. The molecule has 0 spiro atoms. The molecule has 2 amide bonds. The molecule has 8 nitrogen and oxygen atoms in total. The van der Waals surface area contributed by atoms with E-state index in [2.05, 4.69) is 10.3 Å². The van der Waals surface area contributed by atoms with Gasteiger partial charge < -0.3 is 19.9 Å². The van der Waals surface area contributed by atoms with Crippen LogP contribution >= 0.6 is 0 Å². The number of halogens is 1. The molecule has 1 aromatic rings. The van der Waals surface area contributed by atoms with Crippen LogP contribution in [0, 0.1) is 11.3 Å². The van der Waals surface area contributed by atoms with Crippen molar-refractivity contribution in [2.24, 2.45) is 4.99 Å². The molecule has 1 heterocycles. The van der Waals surface area contributed by atoms with Crippen LogP contribution in [0.25, 0.3) is 0 Å². The van der Waals surface area contributed by atoms with E-state index in [1.54, 1.807) is 52.2 Å². The van der Waals surface area contributed by atoms with E-state index >= 15 is 0 Å². The lowest BCUT2D eigenvalue weighted by Crippen LogP contribution is -2.39. The number of likely N-dealkylation sites (tertiary alicyclic amines) is 1. The number of nitrogens with one attached hydrogen (secondary N) is 1. The second-order valence-corrected chi connectivity index (χ2v) is 8.40. The molecule has 1 aliphatic heterocycles. The van der Waals surface area contributed by atoms with E-state index in [1.165, 1.54) is 17.0 Å². The maximum absolute atomic E-state index is 14.6. The number of carbonyl (C=O) groups excluding carboxylic acids is 2. The Morgan fingerprint density at radius 1 is 1.39 bits per heavy atom. The third-order valence-corrected chi connectivity index (χ3v) is 4.29. The van der Waals surface area contributed by atoms with E-state index in [9.17, 15) is 19.2 Å². The Bertz CT molecular complexity index is 928. The number of benzene rings is 1. The van der Waals surface area contributed by atoms with Gasteiger partial charge in [-0.3, -0.25) is 4.79 Å². The maximum Gasteiger partial charge on any atom is 0.410 e. The Kier molecular flexibility index (Phi) is 7.75. The summed E-state index contributed by atoms with van der Waals surface area (Å²) < 4.78 is 19.9. The van der Waals surface area contributed by atoms with Gasteiger partial charge in [-0.25, -0.2) is 14.2 Å². The van der Waals surface area contributed by atoms with Crippen molar-refractivity contribution in [2.75, 3.05) is 26.0 Å². The van der Waals surface area contributed by atoms with E-state index in [4.69, 9.17) is 4.74 Å². The number of carbonyl (C=O) groups is 2. The quantitative estimate of drug-likeness (QED) is 0.434. The molecule has 166 valence electrons. The zero-order chi connectivity index (χ0) is 23.2. The van der Waals surface area contributed by atoms with E-state index < -0.39 is 29.5 Å². The molecular formula is C22H28FN5O3. The van der Waals surface area contributed by atoms with Crippen molar-refractivity contribution in [1.82, 2.24) is 9.80 Å². The fourth-order valence-corrected chi connectivity index (χ4v) is 2.94. The van der Waals surface area contributed by atoms with Crippen molar-refractivity contribution in [2.45, 2.75) is 45.3 Å². The molecule has 31 heavy (non-hydrogen) atoms. The minimum absolute atomic E-state index is 0.243. The number of hydrogen-bond acceptors (Lipinski definition) is 5. The minimum Gasteiger partial charge on any atom is -0.444 e. The van der Waals surface area contributed by atoms with Gasteiger partial charge in [0.2, 0.25) is 0 Å². The fraction of sp³-hybridized carbons (Fsp3) is 0.455. The molecule has 1 aliphatic rings. The molecule has 0 saturated carbocycles. The number of hydrogen-bond donors (Lipinski definition) is 1. The first kappa shape index (κ1) is 23.9. The van der Waals surface area contributed by atoms with Gasteiger partial charge >= 0.3 is 6.09 Å². The van der Waals surface area contributed by atoms with Crippen LogP contribution in [-0.4, -0.2) is 60.4 Å². The van der Waals surface area contributed by atoms with Gasteiger partial charge in [-0.2, -0.15) is 5.26 Å². The standard InChI is InChI=1S/C22H28FN5O3/c1-22(2,3)31-21(30)28-10-6-7-17(28)12-18(23)20(29)26-16-8-9-19(15(11-16)13-24)25-14-27(4)5/h8-9,11-12,14,17H,6-7,10H2,1-5H3,(H,26,29)/b18-12-,25-14?/t17-/m1/s1. The van der Waals surface area contributed by atoms with Gasteiger partial charge in [0, 0.05) is 26.3 Å². The highest BCUT2D eigenvalue weighted by Crippen LogP contribution is 2.25. The third kappa shape index (κ3) is 7.10. The van der Waals surface area contributed by atoms with Crippen molar-refractivity contribution in [3.8, 4) is 6.07 Å². The summed E-state index contributed by atoms with van der Waals surface area (Å²) in [6.45, 7) is 5.71. The molecule has 1 atom stereocenters. The number of amides is 2. The van der Waals surface area contributed by atoms with Gasteiger partial charge in [0.15, 0.2) is 5.83 Å². The average Bonchev–Trinajstić information content (AvgIpc) is 3.13. The number of nitrogens with zero attached hydrogens (tertiary/aromatic N) is 4. The van der Waals surface area contributed by atoms with Crippen molar-refractivity contribution >= 4 is 29.7 Å². The highest BCUT2D eigenvalue weighted by atomic mass is 19.1. The van der Waals surface area contributed by atoms with Crippen LogP contribution in [0.15, 0.2) is 35.1 Å². The molecular weight excluding hydrogens is 401 g/mol. The summed E-state index contributed by atoms with van der Waals surface area (Å²) in [4.78, 5) is 31.9. The SMILES string of the molecule is CN(C)C=Nc1ccc(NC(=O)/C(F)=C/[C@H]2CCCN2C(=O)OC(C)(C)C)cc1C#N. The Hall–Kier alpha value is -3.41. The van der Waals surface area contributed by atoms with E-state index in [-0.39, 0.29) is 11.3 Å². The fourth-order valence-electron chi connectivity index (χ4n) is 2.94. The topological polar surface area (TPSA) is 98.0 Å². The summed E-state index contributed by atoms with van der Waals surface area (Å²) >= 11 is 0. The van der Waals surface area contributed by atoms with Crippen LogP contribution in [0.2, 0.25) is 0 Å². The van der Waals surface area contributed by atoms with Crippen LogP contribution < -0.4 is 5.32 Å². The van der Waals surface area contributed by atoms with Gasteiger partial charge in [0.1, 0.15) is 11.7 Å². The lowest BCUT2D eigenvalue weighted by molar-refractivity contribution is -0.114. The van der Waals surface area contributed by atoms with Gasteiger partial charge in [-0.05, 0) is 57.9 Å². The van der Waals surface area contributed by atoms with Crippen molar-refractivity contribution in [1.29, 1.82) is 5.26 Å². The largest absolute Gasteiger partial charge is 0.444 e. The predicted molar refractivity (Wildman–Crippen MR) is 117 cm³/mol. The second kappa shape index (κ2) is 10.1. The summed E-state index contributed by atoms with van der Waals surface area (Å²) in [7, 11) is 3.60. The highest BCUT2D eigenvalue weighted by molar-refractivity contribution is 6.02. The van der Waals surface area contributed by atoms with Gasteiger partial charge in [-0.15, -0.1) is 0 Å². The maximum atomic E-state index is 14.6. The lowest BCUT2D eigenvalue weighted by Gasteiger charge is -2.27. The summed E-state index contributed by atoms with van der Waals surface area (Å²) in [5.74, 6) is -1.96. The minimum atomic E-state index is -1.01. The molecule has 0 bridgehead atoms. The van der Waals surface area contributed by atoms with Crippen LogP contribution in [-0.2, 0) is 9.53 Å². The van der Waals surface area contributed by atoms with Gasteiger partial charge in [-0.1, -0.05) is 0 Å². The number of ether oxygens (including phenoxy) is 1. The molecule has 1 fully saturated rings. The number of anilines is 1. The second-order valence-electron chi connectivity index (χ2n) is 8.40. The molecule has 0 unspecified atom stereocenters. The first-order valence-corrected chi connectivity index (χ1v) is 9.93. The van der Waals surface area contributed by atoms with Gasteiger partial charge in [0.05, 0.1) is 23.6 Å². The Balaban J connectivity index is 2.10. The highest BCUT2D eigenvalue weighted by Gasteiger charge is 2.32. The molecule has 0 radical (unpaired) electrons. The zero-order valence-electron chi connectivity index (χ0n) is 18.5. The summed E-state index contributed by atoms with van der Waals surface area (Å²) in [6.07, 6.45) is 3.38. The van der Waals surface area contributed by atoms with E-state index in [0.29, 0.717) is 25.1 Å². The summed E-state index contributed by atoms with van der Waals surface area (Å²) in [5, 5.41) is 11.8. The number of nitriles is 1. The van der Waals surface area contributed by atoms with Crippen LogP contribution in [0.4, 0.5) is 20.6 Å². The first-order chi connectivity index (χ1) is 14.5. The van der Waals surface area contributed by atoms with Gasteiger partial charge in [0.25, 0.3) is 5.91 Å². The van der Waals surface area contributed by atoms with Crippen LogP contribution in [0.1, 0.15) is 39.2 Å². The average molecular weight is 429 g/mol. The molecule has 0 aromatic heterocycles. The molecule has 1 aromatic carbocycles. The first-order valence-electron chi connectivity index (χ1n) is 9.93. The van der Waals surface area contributed by atoms with Crippen molar-refractivity contribution < 1.29 is 18.7 Å². The monoisotopic (exact) mass is 429 g/mol. The lowest BCUT2D eigenvalue weighted by atomic mass is 10.1. The van der Waals surface area contributed by atoms with Crippen LogP contribution in [0.3, 0.4) is 0 Å². The summed E-state index contributed by atoms with van der Waals surface area (Å²) in [5.41, 5.74) is 0.283. The van der Waals surface area contributed by atoms with Crippen molar-refractivity contribution in [3.05, 3.63) is 35.7 Å². The Morgan fingerprint density at radius 2 is 2.10 bits per heavy atom. The normalized spacial score (nSPS) is 16.9. The molecule has 1 saturated heterocycles. The number of aliphatic imine (C=N–C) groups is 1. The smallest absolute Gasteiger partial charge is 0.410 e. The zero-order valence-corrected chi connectivity index (χ0v) is 18.5. The predicted octanol–water partition coefficient (Wildman–Crippen LogP) is 3.97.